The Hall–Kier alpha value is -1.79. The van der Waals surface area contributed by atoms with E-state index < -0.39 is 5.97 Å². The summed E-state index contributed by atoms with van der Waals surface area (Å²) in [6.45, 7) is 1.68. The number of halogens is 1. The second-order valence-corrected chi connectivity index (χ2v) is 6.90. The number of Topliss-reactive ketones (excluding diaryl/α,β-unsaturated/α-hetero) is 1. The number of rotatable bonds is 7. The van der Waals surface area contributed by atoms with Gasteiger partial charge in [-0.05, 0) is 52.7 Å². The van der Waals surface area contributed by atoms with Crippen LogP contribution in [0.5, 0.6) is 5.75 Å². The molecule has 4 nitrogen and oxygen atoms in total. The Bertz CT molecular complexity index is 746. The van der Waals surface area contributed by atoms with Gasteiger partial charge in [-0.1, -0.05) is 18.2 Å². The molecule has 2 aromatic rings. The van der Waals surface area contributed by atoms with Gasteiger partial charge in [-0.3, -0.25) is 4.79 Å². The molecular weight excluding hydrogens is 392 g/mol. The van der Waals surface area contributed by atoms with Crippen molar-refractivity contribution in [1.82, 2.24) is 0 Å². The molecule has 126 valence electrons. The number of carbonyl (C=O) groups excluding carboxylic acids is 2. The summed E-state index contributed by atoms with van der Waals surface area (Å²) in [5.74, 6) is 0.700. The first-order valence-electron chi connectivity index (χ1n) is 7.22. The first-order chi connectivity index (χ1) is 11.5. The Balaban J connectivity index is 2.05. The normalized spacial score (nSPS) is 10.3. The maximum Gasteiger partial charge on any atom is 0.339 e. The first kappa shape index (κ1) is 18.5. The van der Waals surface area contributed by atoms with Crippen LogP contribution in [-0.2, 0) is 16.1 Å². The molecule has 0 aliphatic heterocycles. The van der Waals surface area contributed by atoms with Gasteiger partial charge in [-0.15, -0.1) is 11.8 Å². The number of thioether (sulfide) groups is 1. The van der Waals surface area contributed by atoms with Crippen LogP contribution in [0.25, 0.3) is 0 Å². The van der Waals surface area contributed by atoms with Crippen molar-refractivity contribution in [2.24, 2.45) is 0 Å². The smallest absolute Gasteiger partial charge is 0.339 e. The summed E-state index contributed by atoms with van der Waals surface area (Å²) in [6.07, 6.45) is 0. The largest absolute Gasteiger partial charge is 0.496 e. The number of ketones is 1. The summed E-state index contributed by atoms with van der Waals surface area (Å²) < 4.78 is 11.4. The lowest BCUT2D eigenvalue weighted by atomic mass is 10.2. The predicted molar refractivity (Wildman–Crippen MR) is 97.7 cm³/mol. The van der Waals surface area contributed by atoms with Crippen LogP contribution >= 0.6 is 27.7 Å². The average molecular weight is 409 g/mol. The molecule has 0 amide bonds. The zero-order chi connectivity index (χ0) is 17.5. The molecule has 0 fully saturated rings. The molecule has 0 aliphatic rings. The second kappa shape index (κ2) is 8.89. The van der Waals surface area contributed by atoms with Gasteiger partial charge < -0.3 is 9.47 Å². The highest BCUT2D eigenvalue weighted by atomic mass is 79.9. The van der Waals surface area contributed by atoms with E-state index in [1.54, 1.807) is 19.2 Å². The number of benzene rings is 2. The zero-order valence-corrected chi connectivity index (χ0v) is 15.8. The van der Waals surface area contributed by atoms with Gasteiger partial charge in [0, 0.05) is 4.90 Å². The molecule has 0 atom stereocenters. The van der Waals surface area contributed by atoms with Crippen molar-refractivity contribution in [2.75, 3.05) is 12.9 Å². The second-order valence-electron chi connectivity index (χ2n) is 5.03. The van der Waals surface area contributed by atoms with Crippen molar-refractivity contribution in [3.63, 3.8) is 0 Å². The highest BCUT2D eigenvalue weighted by molar-refractivity contribution is 9.10. The third-order valence-corrected chi connectivity index (χ3v) is 4.96. The quantitative estimate of drug-likeness (QED) is 0.498. The third-order valence-electron chi connectivity index (χ3n) is 3.12. The van der Waals surface area contributed by atoms with Gasteiger partial charge in [0.25, 0.3) is 0 Å². The van der Waals surface area contributed by atoms with Crippen LogP contribution in [0.15, 0.2) is 51.8 Å². The van der Waals surface area contributed by atoms with E-state index in [4.69, 9.17) is 9.47 Å². The standard InChI is InChI=1S/C18H17BrO4S/c1-12(20)11-24-17-6-4-3-5-14(17)18(21)23-10-13-7-8-16(22-2)15(19)9-13/h3-9H,10-11H2,1-2H3. The van der Waals surface area contributed by atoms with Crippen molar-refractivity contribution >= 4 is 39.4 Å². The van der Waals surface area contributed by atoms with Crippen molar-refractivity contribution in [1.29, 1.82) is 0 Å². The van der Waals surface area contributed by atoms with Gasteiger partial charge in [0.2, 0.25) is 0 Å². The number of hydrogen-bond donors (Lipinski definition) is 0. The molecule has 0 heterocycles. The number of ether oxygens (including phenoxy) is 2. The number of hydrogen-bond acceptors (Lipinski definition) is 5. The zero-order valence-electron chi connectivity index (χ0n) is 13.4. The topological polar surface area (TPSA) is 52.6 Å². The minimum atomic E-state index is -0.409. The van der Waals surface area contributed by atoms with Gasteiger partial charge in [0.1, 0.15) is 18.1 Å². The minimum Gasteiger partial charge on any atom is -0.496 e. The highest BCUT2D eigenvalue weighted by Gasteiger charge is 2.14. The Morgan fingerprint density at radius 3 is 2.58 bits per heavy atom. The molecule has 6 heteroatoms. The molecule has 0 unspecified atom stereocenters. The van der Waals surface area contributed by atoms with Crippen molar-refractivity contribution in [3.8, 4) is 5.75 Å². The van der Waals surface area contributed by atoms with E-state index in [2.05, 4.69) is 15.9 Å². The number of esters is 1. The fraction of sp³-hybridized carbons (Fsp3) is 0.222. The lowest BCUT2D eigenvalue weighted by molar-refractivity contribution is -0.114. The lowest BCUT2D eigenvalue weighted by Crippen LogP contribution is -2.07. The maximum absolute atomic E-state index is 12.3. The summed E-state index contributed by atoms with van der Waals surface area (Å²) >= 11 is 4.74. The SMILES string of the molecule is COc1ccc(COC(=O)c2ccccc2SCC(C)=O)cc1Br. The van der Waals surface area contributed by atoms with Gasteiger partial charge in [0.15, 0.2) is 0 Å². The van der Waals surface area contributed by atoms with E-state index in [0.717, 1.165) is 20.7 Å². The van der Waals surface area contributed by atoms with Crippen LogP contribution in [0.4, 0.5) is 0 Å². The fourth-order valence-corrected chi connectivity index (χ4v) is 3.40. The van der Waals surface area contributed by atoms with Gasteiger partial charge in [0.05, 0.1) is 22.9 Å². The number of methoxy groups -OCH3 is 1. The minimum absolute atomic E-state index is 0.0613. The van der Waals surface area contributed by atoms with Gasteiger partial charge in [-0.25, -0.2) is 4.79 Å². The van der Waals surface area contributed by atoms with E-state index in [0.29, 0.717) is 11.3 Å². The van der Waals surface area contributed by atoms with Crippen LogP contribution in [0.2, 0.25) is 0 Å². The summed E-state index contributed by atoms with van der Waals surface area (Å²) in [6, 6.07) is 12.6. The van der Waals surface area contributed by atoms with E-state index >= 15 is 0 Å². The Morgan fingerprint density at radius 2 is 1.92 bits per heavy atom. The molecule has 0 aromatic heterocycles. The van der Waals surface area contributed by atoms with E-state index in [9.17, 15) is 9.59 Å². The van der Waals surface area contributed by atoms with Crippen LogP contribution < -0.4 is 4.74 Å². The van der Waals surface area contributed by atoms with Crippen LogP contribution in [-0.4, -0.2) is 24.6 Å². The average Bonchev–Trinajstić information content (AvgIpc) is 2.58. The molecule has 24 heavy (non-hydrogen) atoms. The molecule has 0 saturated heterocycles. The van der Waals surface area contributed by atoms with E-state index in [1.807, 2.05) is 30.3 Å². The summed E-state index contributed by atoms with van der Waals surface area (Å²) in [5.41, 5.74) is 1.32. The molecular formula is C18H17BrO4S. The van der Waals surface area contributed by atoms with Gasteiger partial charge >= 0.3 is 5.97 Å². The van der Waals surface area contributed by atoms with Crippen LogP contribution in [0.3, 0.4) is 0 Å². The summed E-state index contributed by atoms with van der Waals surface area (Å²) in [7, 11) is 1.59. The Labute approximate surface area is 153 Å². The number of carbonyl (C=O) groups is 2. The van der Waals surface area contributed by atoms with Crippen molar-refractivity contribution in [3.05, 3.63) is 58.1 Å². The molecule has 0 N–H and O–H groups in total. The molecule has 0 aliphatic carbocycles. The van der Waals surface area contributed by atoms with Gasteiger partial charge in [-0.2, -0.15) is 0 Å². The molecule has 0 spiro atoms. The monoisotopic (exact) mass is 408 g/mol. The fourth-order valence-electron chi connectivity index (χ4n) is 1.97. The lowest BCUT2D eigenvalue weighted by Gasteiger charge is -2.10. The first-order valence-corrected chi connectivity index (χ1v) is 9.00. The maximum atomic E-state index is 12.3. The highest BCUT2D eigenvalue weighted by Crippen LogP contribution is 2.27. The summed E-state index contributed by atoms with van der Waals surface area (Å²) in [5, 5.41) is 0. The molecule has 0 radical (unpaired) electrons. The van der Waals surface area contributed by atoms with Crippen molar-refractivity contribution in [2.45, 2.75) is 18.4 Å². The third kappa shape index (κ3) is 5.11. The van der Waals surface area contributed by atoms with E-state index in [1.165, 1.54) is 18.7 Å². The molecule has 2 aromatic carbocycles. The van der Waals surface area contributed by atoms with E-state index in [-0.39, 0.29) is 12.4 Å². The molecule has 2 rings (SSSR count). The summed E-state index contributed by atoms with van der Waals surface area (Å²) in [4.78, 5) is 24.2. The van der Waals surface area contributed by atoms with Crippen molar-refractivity contribution < 1.29 is 19.1 Å². The van der Waals surface area contributed by atoms with Crippen LogP contribution in [0, 0.1) is 0 Å². The van der Waals surface area contributed by atoms with Crippen LogP contribution in [0.1, 0.15) is 22.8 Å². The molecule has 0 bridgehead atoms. The Morgan fingerprint density at radius 1 is 1.17 bits per heavy atom. The predicted octanol–water partition coefficient (Wildman–Crippen LogP) is 4.50. The Kier molecular flexibility index (Phi) is 6.87. The molecule has 0 saturated carbocycles.